The largest absolute Gasteiger partial charge is 0.339 e. The number of nitrogens with zero attached hydrogens (tertiary/aromatic N) is 3. The molecule has 0 atom stereocenters. The van der Waals surface area contributed by atoms with Crippen molar-refractivity contribution in [3.8, 4) is 11.4 Å². The lowest BCUT2D eigenvalue weighted by Crippen LogP contribution is -2.13. The van der Waals surface area contributed by atoms with Gasteiger partial charge in [0.1, 0.15) is 0 Å². The van der Waals surface area contributed by atoms with Crippen molar-refractivity contribution in [2.24, 2.45) is 0 Å². The molecule has 0 unspecified atom stereocenters. The van der Waals surface area contributed by atoms with Crippen LogP contribution in [0.3, 0.4) is 0 Å². The Hall–Kier alpha value is -2.52. The van der Waals surface area contributed by atoms with Crippen LogP contribution in [-0.2, 0) is 11.2 Å². The van der Waals surface area contributed by atoms with Gasteiger partial charge in [0.15, 0.2) is 0 Å². The first kappa shape index (κ1) is 19.2. The fourth-order valence-electron chi connectivity index (χ4n) is 2.22. The smallest absolute Gasteiger partial charge is 0.289 e. The molecule has 1 N–H and O–H groups in total. The number of pyridine rings is 1. The number of alkyl halides is 2. The molecule has 0 aliphatic heterocycles. The van der Waals surface area contributed by atoms with E-state index in [9.17, 15) is 13.6 Å². The first-order chi connectivity index (χ1) is 13.0. The van der Waals surface area contributed by atoms with Gasteiger partial charge in [-0.2, -0.15) is 13.8 Å². The van der Waals surface area contributed by atoms with Crippen LogP contribution in [-0.4, -0.2) is 26.8 Å². The Bertz CT molecular complexity index is 924. The number of hydrogen-bond acceptors (Lipinski definition) is 6. The van der Waals surface area contributed by atoms with Crippen LogP contribution in [0.2, 0.25) is 5.02 Å². The second-order valence-electron chi connectivity index (χ2n) is 5.30. The molecule has 10 heteroatoms. The molecule has 0 fully saturated rings. The molecule has 3 rings (SSSR count). The molecule has 27 heavy (non-hydrogen) atoms. The zero-order valence-electron chi connectivity index (χ0n) is 13.7. The maximum absolute atomic E-state index is 12.7. The summed E-state index contributed by atoms with van der Waals surface area (Å²) in [5.74, 6) is -2.36. The van der Waals surface area contributed by atoms with E-state index in [1.165, 1.54) is 12.1 Å². The first-order valence-corrected chi connectivity index (χ1v) is 9.05. The van der Waals surface area contributed by atoms with Gasteiger partial charge in [-0.25, -0.2) is 0 Å². The minimum absolute atomic E-state index is 0.0416. The lowest BCUT2D eigenvalue weighted by molar-refractivity contribution is -0.116. The predicted molar refractivity (Wildman–Crippen MR) is 97.8 cm³/mol. The molecule has 0 bridgehead atoms. The van der Waals surface area contributed by atoms with Gasteiger partial charge >= 0.3 is 0 Å². The highest BCUT2D eigenvalue weighted by molar-refractivity contribution is 7.99. The van der Waals surface area contributed by atoms with Gasteiger partial charge in [-0.3, -0.25) is 9.78 Å². The number of hydrogen-bond donors (Lipinski definition) is 1. The second-order valence-corrected chi connectivity index (χ2v) is 6.70. The average molecular weight is 411 g/mol. The third-order valence-corrected chi connectivity index (χ3v) is 4.68. The molecule has 0 spiro atoms. The number of carbonyl (C=O) groups is 1. The van der Waals surface area contributed by atoms with Gasteiger partial charge in [0.25, 0.3) is 5.76 Å². The monoisotopic (exact) mass is 410 g/mol. The third kappa shape index (κ3) is 5.24. The summed E-state index contributed by atoms with van der Waals surface area (Å²) < 4.78 is 30.5. The molecule has 140 valence electrons. The van der Waals surface area contributed by atoms with E-state index >= 15 is 0 Å². The summed E-state index contributed by atoms with van der Waals surface area (Å²) in [6.07, 6.45) is 3.48. The van der Waals surface area contributed by atoms with Crippen LogP contribution in [0.4, 0.5) is 14.5 Å². The topological polar surface area (TPSA) is 80.9 Å². The molecule has 0 saturated carbocycles. The van der Waals surface area contributed by atoms with Crippen molar-refractivity contribution in [1.82, 2.24) is 15.1 Å². The highest BCUT2D eigenvalue weighted by Gasteiger charge is 2.16. The summed E-state index contributed by atoms with van der Waals surface area (Å²) >= 11 is 6.23. The van der Waals surface area contributed by atoms with Gasteiger partial charge < -0.3 is 9.84 Å². The average Bonchev–Trinajstić information content (AvgIpc) is 3.12. The molecule has 0 aliphatic carbocycles. The van der Waals surface area contributed by atoms with Crippen LogP contribution in [0.25, 0.3) is 11.4 Å². The fourth-order valence-corrected chi connectivity index (χ4v) is 3.13. The number of carbonyl (C=O) groups excluding carboxylic acids is 1. The van der Waals surface area contributed by atoms with Gasteiger partial charge in [0.05, 0.1) is 15.6 Å². The van der Waals surface area contributed by atoms with Gasteiger partial charge in [0, 0.05) is 30.8 Å². The lowest BCUT2D eigenvalue weighted by atomic mass is 10.2. The van der Waals surface area contributed by atoms with E-state index in [2.05, 4.69) is 20.4 Å². The SMILES string of the molecule is O=C(CCc1nc(-c2cccnc2)no1)Nc1cccc(Cl)c1SC(F)F. The number of anilines is 1. The number of nitrogens with one attached hydrogen (secondary N) is 1. The molecule has 3 aromatic rings. The molecular formula is C17H13ClF2N4O2S. The number of benzene rings is 1. The molecule has 1 amide bonds. The van der Waals surface area contributed by atoms with Gasteiger partial charge in [-0.1, -0.05) is 34.6 Å². The lowest BCUT2D eigenvalue weighted by Gasteiger charge is -2.11. The summed E-state index contributed by atoms with van der Waals surface area (Å²) in [6, 6.07) is 8.11. The maximum atomic E-state index is 12.7. The van der Waals surface area contributed by atoms with Crippen molar-refractivity contribution in [2.75, 3.05) is 5.32 Å². The Morgan fingerprint density at radius 2 is 2.15 bits per heavy atom. The van der Waals surface area contributed by atoms with Crippen LogP contribution < -0.4 is 5.32 Å². The van der Waals surface area contributed by atoms with Crippen LogP contribution in [0.1, 0.15) is 12.3 Å². The Balaban J connectivity index is 1.61. The maximum Gasteiger partial charge on any atom is 0.289 e. The minimum Gasteiger partial charge on any atom is -0.339 e. The summed E-state index contributed by atoms with van der Waals surface area (Å²) in [5.41, 5.74) is 0.934. The number of amides is 1. The van der Waals surface area contributed by atoms with Crippen molar-refractivity contribution < 1.29 is 18.1 Å². The number of thioether (sulfide) groups is 1. The zero-order chi connectivity index (χ0) is 19.2. The van der Waals surface area contributed by atoms with Crippen LogP contribution in [0.15, 0.2) is 52.1 Å². The fraction of sp³-hybridized carbons (Fsp3) is 0.176. The van der Waals surface area contributed by atoms with Crippen LogP contribution in [0.5, 0.6) is 0 Å². The summed E-state index contributed by atoms with van der Waals surface area (Å²) in [7, 11) is 0. The Labute approximate surface area is 162 Å². The molecular weight excluding hydrogens is 398 g/mol. The van der Waals surface area contributed by atoms with E-state index in [0.29, 0.717) is 11.4 Å². The first-order valence-electron chi connectivity index (χ1n) is 7.79. The van der Waals surface area contributed by atoms with Gasteiger partial charge in [-0.15, -0.1) is 0 Å². The molecule has 0 aliphatic rings. The molecule has 0 radical (unpaired) electrons. The van der Waals surface area contributed by atoms with Crippen LogP contribution >= 0.6 is 23.4 Å². The molecule has 0 saturated heterocycles. The zero-order valence-corrected chi connectivity index (χ0v) is 15.3. The second kappa shape index (κ2) is 8.92. The Morgan fingerprint density at radius 3 is 2.89 bits per heavy atom. The number of aryl methyl sites for hydroxylation is 1. The van der Waals surface area contributed by atoms with E-state index < -0.39 is 5.76 Å². The van der Waals surface area contributed by atoms with E-state index in [0.717, 1.165) is 0 Å². The summed E-state index contributed by atoms with van der Waals surface area (Å²) in [4.78, 5) is 20.5. The molecule has 6 nitrogen and oxygen atoms in total. The van der Waals surface area contributed by atoms with E-state index in [-0.39, 0.29) is 52.0 Å². The molecule has 2 aromatic heterocycles. The summed E-state index contributed by atoms with van der Waals surface area (Å²) in [5, 5.41) is 6.58. The highest BCUT2D eigenvalue weighted by atomic mass is 35.5. The van der Waals surface area contributed by atoms with Gasteiger partial charge in [0.2, 0.25) is 17.6 Å². The highest BCUT2D eigenvalue weighted by Crippen LogP contribution is 2.37. The van der Waals surface area contributed by atoms with Gasteiger partial charge in [-0.05, 0) is 24.3 Å². The van der Waals surface area contributed by atoms with E-state index in [4.69, 9.17) is 16.1 Å². The third-order valence-electron chi connectivity index (χ3n) is 3.40. The van der Waals surface area contributed by atoms with Crippen molar-refractivity contribution in [2.45, 2.75) is 23.5 Å². The standard InChI is InChI=1S/C17H13ClF2N4O2S/c18-11-4-1-5-12(15(11)27-17(19)20)22-13(25)6-7-14-23-16(24-26-14)10-3-2-8-21-9-10/h1-5,8-9,17H,6-7H2,(H,22,25). The van der Waals surface area contributed by atoms with Crippen molar-refractivity contribution in [3.63, 3.8) is 0 Å². The number of rotatable bonds is 7. The number of halogens is 3. The van der Waals surface area contributed by atoms with Crippen LogP contribution in [0, 0.1) is 0 Å². The summed E-state index contributed by atoms with van der Waals surface area (Å²) in [6.45, 7) is 0. The molecule has 2 heterocycles. The Morgan fingerprint density at radius 1 is 1.30 bits per heavy atom. The Kier molecular flexibility index (Phi) is 6.36. The quantitative estimate of drug-likeness (QED) is 0.570. The van der Waals surface area contributed by atoms with Crippen molar-refractivity contribution >= 4 is 35.0 Å². The minimum atomic E-state index is -2.65. The van der Waals surface area contributed by atoms with E-state index in [1.807, 2.05) is 0 Å². The predicted octanol–water partition coefficient (Wildman–Crippen LogP) is 4.67. The number of aromatic nitrogens is 3. The van der Waals surface area contributed by atoms with Crippen molar-refractivity contribution in [3.05, 3.63) is 53.6 Å². The van der Waals surface area contributed by atoms with Crippen molar-refractivity contribution in [1.29, 1.82) is 0 Å². The normalized spacial score (nSPS) is 11.0. The molecule has 1 aromatic carbocycles. The van der Waals surface area contributed by atoms with E-state index in [1.54, 1.807) is 30.6 Å².